The van der Waals surface area contributed by atoms with Crippen molar-refractivity contribution in [2.45, 2.75) is 116 Å². The average molecular weight is 493 g/mol. The van der Waals surface area contributed by atoms with Crippen molar-refractivity contribution in [3.05, 3.63) is 23.8 Å². The molecule has 7 heteroatoms. The third-order valence-corrected chi connectivity index (χ3v) is 9.46. The number of carbonyl (C=O) groups excluding carboxylic acids is 1. The molecule has 3 N–H and O–H groups in total. The van der Waals surface area contributed by atoms with E-state index < -0.39 is 35.8 Å². The maximum atomic E-state index is 11.9. The van der Waals surface area contributed by atoms with Crippen LogP contribution in [-0.2, 0) is 19.0 Å². The highest BCUT2D eigenvalue weighted by molar-refractivity contribution is 5.85. The van der Waals surface area contributed by atoms with Crippen LogP contribution in [0.25, 0.3) is 0 Å². The van der Waals surface area contributed by atoms with Gasteiger partial charge >= 0.3 is 5.97 Å². The lowest BCUT2D eigenvalue weighted by Crippen LogP contribution is -2.63. The second-order valence-corrected chi connectivity index (χ2v) is 12.8. The molecule has 0 amide bonds. The molecule has 2 saturated carbocycles. The molecule has 35 heavy (non-hydrogen) atoms. The van der Waals surface area contributed by atoms with Gasteiger partial charge in [0.2, 0.25) is 0 Å². The number of ether oxygens (including phenoxy) is 3. The summed E-state index contributed by atoms with van der Waals surface area (Å²) in [7, 11) is 0. The third kappa shape index (κ3) is 4.63. The number of fused-ring (bicyclic) bond motifs is 1. The van der Waals surface area contributed by atoms with Crippen molar-refractivity contribution in [1.82, 2.24) is 0 Å². The maximum absolute atomic E-state index is 11.9. The van der Waals surface area contributed by atoms with Gasteiger partial charge < -0.3 is 29.5 Å². The summed E-state index contributed by atoms with van der Waals surface area (Å²) in [5.74, 6) is -1.37. The molecule has 2 aliphatic heterocycles. The Labute approximate surface area is 209 Å². The molecule has 0 aromatic carbocycles. The molecule has 1 saturated heterocycles. The van der Waals surface area contributed by atoms with E-state index in [0.717, 1.165) is 30.4 Å². The summed E-state index contributed by atoms with van der Waals surface area (Å²) in [5.41, 5.74) is -0.0666. The first-order valence-corrected chi connectivity index (χ1v) is 13.1. The lowest BCUT2D eigenvalue weighted by Gasteiger charge is -2.63. The van der Waals surface area contributed by atoms with Crippen LogP contribution >= 0.6 is 0 Å². The molecule has 0 bridgehead atoms. The SMILES string of the molecule is C=C(CC[C@@H]1[C@@]2(C)CCC[C@@](C)(CO)[C@@H]2[C@@H](O)C[C@@]1(C)O)C1OC(C)(C)OC1C1OC(=O)C=C1C. The van der Waals surface area contributed by atoms with Crippen molar-refractivity contribution in [2.24, 2.45) is 22.7 Å². The number of hydrogen-bond acceptors (Lipinski definition) is 7. The number of aliphatic hydroxyl groups excluding tert-OH is 2. The number of esters is 1. The molecule has 0 aromatic rings. The smallest absolute Gasteiger partial charge is 0.331 e. The van der Waals surface area contributed by atoms with E-state index in [-0.39, 0.29) is 35.2 Å². The Bertz CT molecular complexity index is 892. The van der Waals surface area contributed by atoms with E-state index >= 15 is 0 Å². The van der Waals surface area contributed by atoms with E-state index in [9.17, 15) is 20.1 Å². The number of aliphatic hydroxyl groups is 3. The van der Waals surface area contributed by atoms with E-state index in [4.69, 9.17) is 14.2 Å². The first-order valence-electron chi connectivity index (χ1n) is 13.1. The highest BCUT2D eigenvalue weighted by Crippen LogP contribution is 2.63. The van der Waals surface area contributed by atoms with Crippen LogP contribution < -0.4 is 0 Å². The van der Waals surface area contributed by atoms with Crippen molar-refractivity contribution < 1.29 is 34.3 Å². The first-order chi connectivity index (χ1) is 16.1. The fraction of sp³-hybridized carbons (Fsp3) is 0.821. The van der Waals surface area contributed by atoms with Crippen molar-refractivity contribution in [2.75, 3.05) is 6.61 Å². The monoisotopic (exact) mass is 492 g/mol. The number of cyclic esters (lactones) is 1. The number of rotatable bonds is 6. The summed E-state index contributed by atoms with van der Waals surface area (Å²) < 4.78 is 17.9. The van der Waals surface area contributed by atoms with Gasteiger partial charge in [0.25, 0.3) is 0 Å². The number of carbonyl (C=O) groups is 1. The zero-order chi connectivity index (χ0) is 26.0. The summed E-state index contributed by atoms with van der Waals surface area (Å²) in [6, 6.07) is 0. The molecule has 4 rings (SSSR count). The average Bonchev–Trinajstić information content (AvgIpc) is 3.23. The quantitative estimate of drug-likeness (QED) is 0.384. The molecule has 3 fully saturated rings. The summed E-state index contributed by atoms with van der Waals surface area (Å²) >= 11 is 0. The fourth-order valence-electron chi connectivity index (χ4n) is 8.13. The Kier molecular flexibility index (Phi) is 6.85. The minimum Gasteiger partial charge on any atom is -0.452 e. The van der Waals surface area contributed by atoms with E-state index in [1.165, 1.54) is 6.08 Å². The van der Waals surface area contributed by atoms with Crippen LogP contribution in [0, 0.1) is 22.7 Å². The van der Waals surface area contributed by atoms with E-state index in [1.54, 1.807) is 0 Å². The Hall–Kier alpha value is -1.25. The zero-order valence-electron chi connectivity index (χ0n) is 22.2. The zero-order valence-corrected chi connectivity index (χ0v) is 22.2. The van der Waals surface area contributed by atoms with E-state index in [2.05, 4.69) is 20.4 Å². The Morgan fingerprint density at radius 1 is 1.17 bits per heavy atom. The van der Waals surface area contributed by atoms with Gasteiger partial charge in [-0.1, -0.05) is 26.8 Å². The van der Waals surface area contributed by atoms with Gasteiger partial charge in [0.1, 0.15) is 12.2 Å². The summed E-state index contributed by atoms with van der Waals surface area (Å²) in [5, 5.41) is 32.9. The van der Waals surface area contributed by atoms with Crippen molar-refractivity contribution >= 4 is 5.97 Å². The van der Waals surface area contributed by atoms with Crippen LogP contribution in [0.1, 0.15) is 80.1 Å². The van der Waals surface area contributed by atoms with Gasteiger partial charge in [-0.15, -0.1) is 0 Å². The maximum Gasteiger partial charge on any atom is 0.331 e. The fourth-order valence-corrected chi connectivity index (χ4v) is 8.13. The van der Waals surface area contributed by atoms with E-state index in [1.807, 2.05) is 27.7 Å². The predicted octanol–water partition coefficient (Wildman–Crippen LogP) is 3.65. The summed E-state index contributed by atoms with van der Waals surface area (Å²) in [4.78, 5) is 11.9. The molecular formula is C28H44O7. The molecule has 0 radical (unpaired) electrons. The van der Waals surface area contributed by atoms with Crippen molar-refractivity contribution in [3.8, 4) is 0 Å². The number of hydrogen-bond donors (Lipinski definition) is 3. The summed E-state index contributed by atoms with van der Waals surface area (Å²) in [6.45, 7) is 16.0. The molecule has 2 aliphatic carbocycles. The van der Waals surface area contributed by atoms with Crippen LogP contribution in [0.15, 0.2) is 23.8 Å². The Morgan fingerprint density at radius 2 is 1.86 bits per heavy atom. The van der Waals surface area contributed by atoms with Crippen LogP contribution in [-0.4, -0.2) is 63.7 Å². The minimum atomic E-state index is -1.04. The molecule has 4 aliphatic rings. The highest BCUT2D eigenvalue weighted by atomic mass is 16.8. The molecule has 0 aromatic heterocycles. The lowest BCUT2D eigenvalue weighted by atomic mass is 9.44. The van der Waals surface area contributed by atoms with Crippen molar-refractivity contribution in [3.63, 3.8) is 0 Å². The molecule has 0 spiro atoms. The standard InChI is InChI=1S/C28H44O7/c1-16(22-23(35-25(3,4)34-22)21-17(2)13-20(31)33-21)9-10-19-27(6)12-8-11-26(5,15-29)24(27)18(30)14-28(19,7)32/h13,18-19,21-24,29-30,32H,1,8-12,14-15H2,2-7H3/t18-,19+,21?,22?,23?,24-,26-,27+,28+/m0/s1. The van der Waals surface area contributed by atoms with Crippen molar-refractivity contribution in [1.29, 1.82) is 0 Å². The Morgan fingerprint density at radius 3 is 2.46 bits per heavy atom. The van der Waals surface area contributed by atoms with E-state index in [0.29, 0.717) is 19.3 Å². The van der Waals surface area contributed by atoms with Gasteiger partial charge in [-0.25, -0.2) is 4.79 Å². The van der Waals surface area contributed by atoms with Gasteiger partial charge in [0.05, 0.1) is 11.7 Å². The normalized spacial score (nSPS) is 47.2. The van der Waals surface area contributed by atoms with Crippen LogP contribution in [0.4, 0.5) is 0 Å². The predicted molar refractivity (Wildman–Crippen MR) is 131 cm³/mol. The Balaban J connectivity index is 1.55. The van der Waals surface area contributed by atoms with Gasteiger partial charge in [-0.2, -0.15) is 0 Å². The third-order valence-electron chi connectivity index (χ3n) is 9.46. The molecule has 198 valence electrons. The van der Waals surface area contributed by atoms with Crippen LogP contribution in [0.5, 0.6) is 0 Å². The van der Waals surface area contributed by atoms with Gasteiger partial charge in [-0.3, -0.25) is 0 Å². The lowest BCUT2D eigenvalue weighted by molar-refractivity contribution is -0.223. The highest BCUT2D eigenvalue weighted by Gasteiger charge is 2.62. The largest absolute Gasteiger partial charge is 0.452 e. The minimum absolute atomic E-state index is 0.0306. The first kappa shape index (κ1) is 26.8. The van der Waals surface area contributed by atoms with Gasteiger partial charge in [0.15, 0.2) is 11.9 Å². The van der Waals surface area contributed by atoms with Crippen LogP contribution in [0.2, 0.25) is 0 Å². The molecule has 2 heterocycles. The summed E-state index contributed by atoms with van der Waals surface area (Å²) in [6.07, 6.45) is 3.72. The molecule has 3 unspecified atom stereocenters. The van der Waals surface area contributed by atoms with Crippen LogP contribution in [0.3, 0.4) is 0 Å². The van der Waals surface area contributed by atoms with Gasteiger partial charge in [-0.05, 0) is 87.2 Å². The molecule has 7 nitrogen and oxygen atoms in total. The second kappa shape index (κ2) is 8.95. The second-order valence-electron chi connectivity index (χ2n) is 12.8. The van der Waals surface area contributed by atoms with Gasteiger partial charge in [0, 0.05) is 19.1 Å². The molecule has 9 atom stereocenters. The topological polar surface area (TPSA) is 105 Å². The molecular weight excluding hydrogens is 448 g/mol.